The van der Waals surface area contributed by atoms with Crippen LogP contribution in [0, 0.1) is 24.5 Å². The number of carboxylic acid groups (broad SMARTS) is 1. The van der Waals surface area contributed by atoms with Gasteiger partial charge in [0.25, 0.3) is 0 Å². The van der Waals surface area contributed by atoms with Gasteiger partial charge in [0.05, 0.1) is 17.1 Å². The lowest BCUT2D eigenvalue weighted by Crippen LogP contribution is -2.07. The van der Waals surface area contributed by atoms with Crippen LogP contribution in [-0.2, 0) is 24.1 Å². The van der Waals surface area contributed by atoms with Gasteiger partial charge in [-0.3, -0.25) is 4.21 Å². The van der Waals surface area contributed by atoms with Crippen molar-refractivity contribution in [2.24, 2.45) is 5.92 Å². The summed E-state index contributed by atoms with van der Waals surface area (Å²) < 4.78 is 55.6. The summed E-state index contributed by atoms with van der Waals surface area (Å²) in [4.78, 5) is 16.7. The molecule has 2 aromatic carbocycles. The second-order valence-electron chi connectivity index (χ2n) is 10.2. The maximum absolute atomic E-state index is 15.0. The molecule has 6 rings (SSSR count). The molecule has 3 aromatic heterocycles. The summed E-state index contributed by atoms with van der Waals surface area (Å²) in [5, 5.41) is 18.2. The van der Waals surface area contributed by atoms with Crippen LogP contribution >= 0.6 is 22.7 Å². The van der Waals surface area contributed by atoms with Gasteiger partial charge in [-0.15, -0.1) is 22.7 Å². The molecule has 5 aromatic rings. The molecule has 0 saturated heterocycles. The highest BCUT2D eigenvalue weighted by atomic mass is 32.2. The molecule has 3 heterocycles. The standard InChI is InChI=1S/C29H24F2N4O4S3/c1-15-8-26(40-13-15)19-12-18(5-6-21(19)30)27-20(9-17-4-7-23(22(31)10-17)34-42(38)39)25(11-16-2-3-16)35(33-27)29-32-24(14-41-29)28(36)37/h4-8,10,12-14,16,34H,2-3,9,11H2,1H3,(H,36,37)(H,38,39)/p-1. The fourth-order valence-corrected chi connectivity index (χ4v) is 6.84. The highest BCUT2D eigenvalue weighted by molar-refractivity contribution is 7.80. The summed E-state index contributed by atoms with van der Waals surface area (Å²) in [5.74, 6) is -1.82. The molecule has 1 aliphatic carbocycles. The van der Waals surface area contributed by atoms with Gasteiger partial charge in [0.2, 0.25) is 5.13 Å². The summed E-state index contributed by atoms with van der Waals surface area (Å²) in [6.45, 7) is 1.94. The average Bonchev–Trinajstić information content (AvgIpc) is 3.29. The molecule has 1 fully saturated rings. The van der Waals surface area contributed by atoms with E-state index in [0.29, 0.717) is 39.9 Å². The molecule has 8 nitrogen and oxygen atoms in total. The van der Waals surface area contributed by atoms with Crippen molar-refractivity contribution in [2.45, 2.75) is 32.6 Å². The molecule has 0 spiro atoms. The third-order valence-corrected chi connectivity index (χ3v) is 9.29. The number of anilines is 1. The van der Waals surface area contributed by atoms with Crippen molar-refractivity contribution < 1.29 is 27.4 Å². The molecular weight excluding hydrogens is 603 g/mol. The number of aromatic nitrogens is 3. The van der Waals surface area contributed by atoms with Crippen LogP contribution in [0.3, 0.4) is 0 Å². The quantitative estimate of drug-likeness (QED) is 0.166. The number of benzene rings is 2. The van der Waals surface area contributed by atoms with Crippen molar-refractivity contribution >= 4 is 45.6 Å². The number of nitrogens with one attached hydrogen (secondary N) is 1. The minimum absolute atomic E-state index is 0.0935. The predicted octanol–water partition coefficient (Wildman–Crippen LogP) is 6.76. The van der Waals surface area contributed by atoms with Gasteiger partial charge in [-0.1, -0.05) is 6.07 Å². The summed E-state index contributed by atoms with van der Waals surface area (Å²) in [7, 11) is 0. The number of rotatable bonds is 10. The minimum atomic E-state index is -2.67. The van der Waals surface area contributed by atoms with Crippen LogP contribution in [-0.4, -0.2) is 34.6 Å². The second-order valence-corrected chi connectivity index (χ2v) is 12.6. The Labute approximate surface area is 250 Å². The van der Waals surface area contributed by atoms with E-state index in [0.717, 1.165) is 45.9 Å². The number of hydrogen-bond acceptors (Lipinski definition) is 7. The first-order chi connectivity index (χ1) is 20.2. The van der Waals surface area contributed by atoms with E-state index in [1.807, 2.05) is 23.1 Å². The second kappa shape index (κ2) is 11.5. The lowest BCUT2D eigenvalue weighted by atomic mass is 9.95. The van der Waals surface area contributed by atoms with Crippen LogP contribution in [0.1, 0.15) is 45.7 Å². The normalized spacial score (nSPS) is 13.8. The number of carboxylic acids is 1. The number of nitrogens with zero attached hydrogens (tertiary/aromatic N) is 3. The van der Waals surface area contributed by atoms with Crippen LogP contribution in [0.15, 0.2) is 53.2 Å². The van der Waals surface area contributed by atoms with Crippen molar-refractivity contribution in [1.82, 2.24) is 14.8 Å². The van der Waals surface area contributed by atoms with Gasteiger partial charge in [0.15, 0.2) is 5.69 Å². The maximum atomic E-state index is 15.0. The lowest BCUT2D eigenvalue weighted by molar-refractivity contribution is 0.0691. The highest BCUT2D eigenvalue weighted by Gasteiger charge is 2.29. The minimum Gasteiger partial charge on any atom is -0.755 e. The molecule has 0 amide bonds. The Hall–Kier alpha value is -3.78. The summed E-state index contributed by atoms with van der Waals surface area (Å²) >= 11 is -0.0764. The molecule has 13 heteroatoms. The zero-order chi connectivity index (χ0) is 29.5. The van der Waals surface area contributed by atoms with E-state index < -0.39 is 23.1 Å². The van der Waals surface area contributed by atoms with E-state index in [2.05, 4.69) is 4.98 Å². The summed E-state index contributed by atoms with van der Waals surface area (Å²) in [6.07, 6.45) is 2.98. The number of hydrogen-bond donors (Lipinski definition) is 2. The first kappa shape index (κ1) is 28.3. The third kappa shape index (κ3) is 5.91. The van der Waals surface area contributed by atoms with Crippen LogP contribution in [0.25, 0.3) is 26.8 Å². The van der Waals surface area contributed by atoms with Gasteiger partial charge in [-0.05, 0) is 85.0 Å². The van der Waals surface area contributed by atoms with E-state index in [-0.39, 0.29) is 23.6 Å². The number of thiophene rings is 1. The van der Waals surface area contributed by atoms with Crippen molar-refractivity contribution in [3.05, 3.63) is 92.9 Å². The Morgan fingerprint density at radius 2 is 1.95 bits per heavy atom. The third-order valence-electron chi connectivity index (χ3n) is 7.00. The molecule has 0 radical (unpaired) electrons. The van der Waals surface area contributed by atoms with Gasteiger partial charge in [0, 0.05) is 44.6 Å². The molecule has 1 saturated carbocycles. The molecular formula is C29H23F2N4O4S3-. The molecule has 1 atom stereocenters. The molecule has 42 heavy (non-hydrogen) atoms. The molecule has 1 aliphatic rings. The molecule has 0 bridgehead atoms. The van der Waals surface area contributed by atoms with Crippen molar-refractivity contribution in [3.8, 4) is 26.8 Å². The SMILES string of the molecule is Cc1csc(-c2cc(-c3nn(-c4nc(C(=O)O)cs4)c(CC4CC4)c3Cc3ccc(NS(=O)[O-])c(F)c3)ccc2F)c1. The summed E-state index contributed by atoms with van der Waals surface area (Å²) in [6, 6.07) is 11.0. The van der Waals surface area contributed by atoms with E-state index in [9.17, 15) is 23.1 Å². The van der Waals surface area contributed by atoms with Crippen LogP contribution in [0.2, 0.25) is 0 Å². The van der Waals surface area contributed by atoms with Gasteiger partial charge < -0.3 is 14.4 Å². The molecule has 2 N–H and O–H groups in total. The van der Waals surface area contributed by atoms with E-state index in [1.165, 1.54) is 34.9 Å². The Morgan fingerprint density at radius 3 is 2.60 bits per heavy atom. The Bertz CT molecular complexity index is 1840. The van der Waals surface area contributed by atoms with Crippen molar-refractivity contribution in [3.63, 3.8) is 0 Å². The fraction of sp³-hybridized carbons (Fsp3) is 0.207. The topological polar surface area (TPSA) is 120 Å². The van der Waals surface area contributed by atoms with Crippen LogP contribution < -0.4 is 4.72 Å². The van der Waals surface area contributed by atoms with Gasteiger partial charge >= 0.3 is 5.97 Å². The Kier molecular flexibility index (Phi) is 7.75. The first-order valence-corrected chi connectivity index (χ1v) is 15.8. The van der Waals surface area contributed by atoms with Gasteiger partial charge in [0.1, 0.15) is 11.6 Å². The zero-order valence-electron chi connectivity index (χ0n) is 22.1. The average molecular weight is 626 g/mol. The Morgan fingerprint density at radius 1 is 1.14 bits per heavy atom. The largest absolute Gasteiger partial charge is 0.755 e. The molecule has 1 unspecified atom stereocenters. The van der Waals surface area contributed by atoms with Crippen LogP contribution in [0.4, 0.5) is 14.5 Å². The zero-order valence-corrected chi connectivity index (χ0v) is 24.5. The summed E-state index contributed by atoms with van der Waals surface area (Å²) in [5.41, 5.74) is 4.58. The number of aromatic carboxylic acids is 1. The van der Waals surface area contributed by atoms with E-state index in [4.69, 9.17) is 5.10 Å². The maximum Gasteiger partial charge on any atom is 0.355 e. The van der Waals surface area contributed by atoms with Crippen molar-refractivity contribution in [2.75, 3.05) is 4.72 Å². The molecule has 216 valence electrons. The highest BCUT2D eigenvalue weighted by Crippen LogP contribution is 2.40. The lowest BCUT2D eigenvalue weighted by Gasteiger charge is -2.12. The smallest absolute Gasteiger partial charge is 0.355 e. The fourth-order valence-electron chi connectivity index (χ4n) is 4.81. The predicted molar refractivity (Wildman–Crippen MR) is 158 cm³/mol. The Balaban J connectivity index is 1.52. The first-order valence-electron chi connectivity index (χ1n) is 13.0. The number of carbonyl (C=O) groups is 1. The van der Waals surface area contributed by atoms with E-state index >= 15 is 4.39 Å². The number of halogens is 2. The number of aryl methyl sites for hydroxylation is 1. The number of thiazole rings is 1. The monoisotopic (exact) mass is 625 g/mol. The van der Waals surface area contributed by atoms with Gasteiger partial charge in [-0.25, -0.2) is 23.2 Å². The van der Waals surface area contributed by atoms with E-state index in [1.54, 1.807) is 22.9 Å². The van der Waals surface area contributed by atoms with Gasteiger partial charge in [-0.2, -0.15) is 5.10 Å². The van der Waals surface area contributed by atoms with Crippen LogP contribution in [0.5, 0.6) is 0 Å². The molecule has 0 aliphatic heterocycles. The van der Waals surface area contributed by atoms with Crippen molar-refractivity contribution in [1.29, 1.82) is 0 Å².